The third kappa shape index (κ3) is 5.00. The molecule has 1 aliphatic rings. The van der Waals surface area contributed by atoms with Crippen LogP contribution < -0.4 is 4.74 Å². The molecular weight excluding hydrogens is 334 g/mol. The first-order chi connectivity index (χ1) is 10.1. The topological polar surface area (TPSA) is 38.8 Å². The van der Waals surface area contributed by atoms with Gasteiger partial charge in [0.15, 0.2) is 0 Å². The maximum atomic E-state index is 11.6. The maximum Gasteiger partial charge on any atom is 0.338 e. The van der Waals surface area contributed by atoms with Gasteiger partial charge in [-0.1, -0.05) is 22.9 Å². The monoisotopic (exact) mass is 355 g/mol. The average molecular weight is 356 g/mol. The van der Waals surface area contributed by atoms with Gasteiger partial charge in [-0.2, -0.15) is 0 Å². The lowest BCUT2D eigenvalue weighted by Gasteiger charge is -2.30. The number of ether oxygens (including phenoxy) is 2. The quantitative estimate of drug-likeness (QED) is 0.759. The molecule has 0 amide bonds. The minimum Gasteiger partial charge on any atom is -0.492 e. The second-order valence-corrected chi connectivity index (χ2v) is 6.48. The Morgan fingerprint density at radius 2 is 2.24 bits per heavy atom. The van der Waals surface area contributed by atoms with Gasteiger partial charge in [-0.05, 0) is 43.5 Å². The van der Waals surface area contributed by atoms with Crippen LogP contribution in [0, 0.1) is 5.92 Å². The molecule has 1 heterocycles. The molecule has 1 unspecified atom stereocenters. The molecule has 116 valence electrons. The summed E-state index contributed by atoms with van der Waals surface area (Å²) in [6.45, 7) is 6.15. The Morgan fingerprint density at radius 3 is 2.95 bits per heavy atom. The Morgan fingerprint density at radius 1 is 1.43 bits per heavy atom. The highest BCUT2D eigenvalue weighted by Gasteiger charge is 2.16. The summed E-state index contributed by atoms with van der Waals surface area (Å²) in [5, 5.41) is 0. The summed E-state index contributed by atoms with van der Waals surface area (Å²) in [5.74, 6) is 1.11. The van der Waals surface area contributed by atoms with E-state index in [-0.39, 0.29) is 5.97 Å². The first-order valence-corrected chi connectivity index (χ1v) is 8.12. The van der Waals surface area contributed by atoms with Crippen LogP contribution in [0.2, 0.25) is 0 Å². The van der Waals surface area contributed by atoms with Crippen molar-refractivity contribution in [2.24, 2.45) is 5.92 Å². The number of likely N-dealkylation sites (tertiary alicyclic amines) is 1. The molecule has 0 radical (unpaired) electrons. The van der Waals surface area contributed by atoms with Gasteiger partial charge in [-0.25, -0.2) is 4.79 Å². The molecule has 5 heteroatoms. The van der Waals surface area contributed by atoms with E-state index < -0.39 is 0 Å². The lowest BCUT2D eigenvalue weighted by atomic mass is 10.0. The van der Waals surface area contributed by atoms with E-state index in [9.17, 15) is 4.79 Å². The van der Waals surface area contributed by atoms with Crippen LogP contribution in [-0.4, -0.2) is 44.2 Å². The van der Waals surface area contributed by atoms with Crippen LogP contribution in [0.15, 0.2) is 22.7 Å². The fourth-order valence-electron chi connectivity index (χ4n) is 2.66. The number of carbonyl (C=O) groups excluding carboxylic acids is 1. The Balaban J connectivity index is 1.88. The Kier molecular flexibility index (Phi) is 6.06. The molecule has 0 N–H and O–H groups in total. The average Bonchev–Trinajstić information content (AvgIpc) is 2.46. The van der Waals surface area contributed by atoms with Crippen molar-refractivity contribution >= 4 is 21.9 Å². The molecule has 0 saturated carbocycles. The summed E-state index contributed by atoms with van der Waals surface area (Å²) in [7, 11) is 1.38. The molecular formula is C16H22BrNO3. The molecule has 0 spiro atoms. The van der Waals surface area contributed by atoms with Crippen LogP contribution >= 0.6 is 15.9 Å². The minimum atomic E-state index is -0.356. The highest BCUT2D eigenvalue weighted by atomic mass is 79.9. The lowest BCUT2D eigenvalue weighted by Crippen LogP contribution is -2.37. The summed E-state index contributed by atoms with van der Waals surface area (Å²) in [4.78, 5) is 14.0. The lowest BCUT2D eigenvalue weighted by molar-refractivity contribution is 0.0600. The third-order valence-corrected chi connectivity index (χ3v) is 4.17. The molecule has 21 heavy (non-hydrogen) atoms. The highest BCUT2D eigenvalue weighted by molar-refractivity contribution is 9.10. The molecule has 1 aromatic carbocycles. The normalized spacial score (nSPS) is 19.3. The van der Waals surface area contributed by atoms with Gasteiger partial charge < -0.3 is 9.47 Å². The van der Waals surface area contributed by atoms with Gasteiger partial charge in [0.2, 0.25) is 0 Å². The van der Waals surface area contributed by atoms with Gasteiger partial charge in [-0.15, -0.1) is 0 Å². The van der Waals surface area contributed by atoms with E-state index in [1.54, 1.807) is 12.1 Å². The molecule has 0 bridgehead atoms. The first-order valence-electron chi connectivity index (χ1n) is 7.32. The maximum absolute atomic E-state index is 11.6. The zero-order chi connectivity index (χ0) is 15.2. The van der Waals surface area contributed by atoms with Crippen molar-refractivity contribution in [2.75, 3.05) is 33.4 Å². The van der Waals surface area contributed by atoms with Crippen LogP contribution in [0.1, 0.15) is 30.1 Å². The molecule has 0 aliphatic carbocycles. The van der Waals surface area contributed by atoms with E-state index in [0.29, 0.717) is 17.9 Å². The first kappa shape index (κ1) is 16.3. The SMILES string of the molecule is COC(=O)c1cc(Br)cc(OCCN2CCCC(C)C2)c1. The number of hydrogen-bond donors (Lipinski definition) is 0. The van der Waals surface area contributed by atoms with E-state index in [4.69, 9.17) is 9.47 Å². The van der Waals surface area contributed by atoms with E-state index in [1.165, 1.54) is 20.0 Å². The van der Waals surface area contributed by atoms with Crippen LogP contribution in [-0.2, 0) is 4.74 Å². The zero-order valence-electron chi connectivity index (χ0n) is 12.6. The summed E-state index contributed by atoms with van der Waals surface area (Å²) >= 11 is 3.39. The van der Waals surface area contributed by atoms with Gasteiger partial charge in [0.05, 0.1) is 12.7 Å². The van der Waals surface area contributed by atoms with E-state index in [2.05, 4.69) is 27.8 Å². The Hall–Kier alpha value is -1.07. The third-order valence-electron chi connectivity index (χ3n) is 3.71. The van der Waals surface area contributed by atoms with Crippen molar-refractivity contribution in [3.05, 3.63) is 28.2 Å². The number of hydrogen-bond acceptors (Lipinski definition) is 4. The number of esters is 1. The smallest absolute Gasteiger partial charge is 0.338 e. The number of halogens is 1. The minimum absolute atomic E-state index is 0.356. The van der Waals surface area contributed by atoms with Gasteiger partial charge in [0.25, 0.3) is 0 Å². The number of nitrogens with zero attached hydrogens (tertiary/aromatic N) is 1. The number of methoxy groups -OCH3 is 1. The fourth-order valence-corrected chi connectivity index (χ4v) is 3.14. The van der Waals surface area contributed by atoms with Crippen molar-refractivity contribution < 1.29 is 14.3 Å². The van der Waals surface area contributed by atoms with Crippen molar-refractivity contribution in [1.29, 1.82) is 0 Å². The largest absolute Gasteiger partial charge is 0.492 e. The Bertz CT molecular complexity index is 492. The standard InChI is InChI=1S/C16H22BrNO3/c1-12-4-3-5-18(11-12)6-7-21-15-9-13(16(19)20-2)8-14(17)10-15/h8-10,12H,3-7,11H2,1-2H3. The molecule has 1 saturated heterocycles. The number of rotatable bonds is 5. The van der Waals surface area contributed by atoms with Crippen molar-refractivity contribution in [3.8, 4) is 5.75 Å². The van der Waals surface area contributed by atoms with Gasteiger partial charge in [0.1, 0.15) is 12.4 Å². The van der Waals surface area contributed by atoms with Gasteiger partial charge in [-0.3, -0.25) is 4.90 Å². The van der Waals surface area contributed by atoms with Crippen LogP contribution in [0.25, 0.3) is 0 Å². The highest BCUT2D eigenvalue weighted by Crippen LogP contribution is 2.22. The molecule has 1 aliphatic heterocycles. The van der Waals surface area contributed by atoms with Crippen molar-refractivity contribution in [2.45, 2.75) is 19.8 Å². The predicted molar refractivity (Wildman–Crippen MR) is 85.8 cm³/mol. The number of piperidine rings is 1. The summed E-state index contributed by atoms with van der Waals surface area (Å²) < 4.78 is 11.3. The van der Waals surface area contributed by atoms with E-state index in [0.717, 1.165) is 30.0 Å². The van der Waals surface area contributed by atoms with Crippen LogP contribution in [0.4, 0.5) is 0 Å². The van der Waals surface area contributed by atoms with E-state index in [1.807, 2.05) is 6.07 Å². The second-order valence-electron chi connectivity index (χ2n) is 5.56. The molecule has 1 fully saturated rings. The van der Waals surface area contributed by atoms with Crippen molar-refractivity contribution in [3.63, 3.8) is 0 Å². The van der Waals surface area contributed by atoms with Crippen LogP contribution in [0.5, 0.6) is 5.75 Å². The second kappa shape index (κ2) is 7.80. The van der Waals surface area contributed by atoms with E-state index >= 15 is 0 Å². The summed E-state index contributed by atoms with van der Waals surface area (Å²) in [5.41, 5.74) is 0.494. The predicted octanol–water partition coefficient (Wildman–Crippen LogP) is 3.35. The molecule has 4 nitrogen and oxygen atoms in total. The van der Waals surface area contributed by atoms with Crippen molar-refractivity contribution in [1.82, 2.24) is 4.90 Å². The van der Waals surface area contributed by atoms with Crippen LogP contribution in [0.3, 0.4) is 0 Å². The molecule has 0 aromatic heterocycles. The van der Waals surface area contributed by atoms with Gasteiger partial charge in [0, 0.05) is 17.6 Å². The zero-order valence-corrected chi connectivity index (χ0v) is 14.2. The Labute approximate surface area is 134 Å². The summed E-state index contributed by atoms with van der Waals surface area (Å²) in [6.07, 6.45) is 2.59. The summed E-state index contributed by atoms with van der Waals surface area (Å²) in [6, 6.07) is 5.31. The number of carbonyl (C=O) groups is 1. The fraction of sp³-hybridized carbons (Fsp3) is 0.562. The molecule has 1 aromatic rings. The number of benzene rings is 1. The van der Waals surface area contributed by atoms with Gasteiger partial charge >= 0.3 is 5.97 Å². The molecule has 1 atom stereocenters. The molecule has 2 rings (SSSR count).